The molecular formula is C21H30N2O5. The molecule has 2 saturated heterocycles. The molecule has 3 heterocycles. The van der Waals surface area contributed by atoms with Gasteiger partial charge in [-0.15, -0.1) is 0 Å². The minimum atomic E-state index is 0.254. The number of likely N-dealkylation sites (tertiary alicyclic amines) is 1. The van der Waals surface area contributed by atoms with Crippen molar-refractivity contribution >= 4 is 5.91 Å². The normalized spacial score (nSPS) is 20.4. The van der Waals surface area contributed by atoms with Crippen LogP contribution in [0.2, 0.25) is 0 Å². The predicted octanol–water partition coefficient (Wildman–Crippen LogP) is 2.27. The topological polar surface area (TPSA) is 60.5 Å². The van der Waals surface area contributed by atoms with Crippen molar-refractivity contribution in [2.24, 2.45) is 5.92 Å². The van der Waals surface area contributed by atoms with Crippen LogP contribution >= 0.6 is 0 Å². The Morgan fingerprint density at radius 1 is 1.14 bits per heavy atom. The molecule has 0 bridgehead atoms. The van der Waals surface area contributed by atoms with Gasteiger partial charge in [-0.3, -0.25) is 9.69 Å². The summed E-state index contributed by atoms with van der Waals surface area (Å²) in [7, 11) is 1.66. The van der Waals surface area contributed by atoms with Gasteiger partial charge in [0.05, 0.1) is 20.3 Å². The van der Waals surface area contributed by atoms with Crippen molar-refractivity contribution in [3.63, 3.8) is 0 Å². The van der Waals surface area contributed by atoms with Crippen molar-refractivity contribution in [1.82, 2.24) is 9.80 Å². The Labute approximate surface area is 166 Å². The van der Waals surface area contributed by atoms with Crippen molar-refractivity contribution in [3.8, 4) is 17.2 Å². The first kappa shape index (κ1) is 19.3. The van der Waals surface area contributed by atoms with Gasteiger partial charge in [0.1, 0.15) is 0 Å². The predicted molar refractivity (Wildman–Crippen MR) is 104 cm³/mol. The van der Waals surface area contributed by atoms with E-state index in [2.05, 4.69) is 11.0 Å². The van der Waals surface area contributed by atoms with Crippen molar-refractivity contribution in [1.29, 1.82) is 0 Å². The Kier molecular flexibility index (Phi) is 6.22. The molecule has 1 aromatic rings. The molecule has 0 spiro atoms. The summed E-state index contributed by atoms with van der Waals surface area (Å²) in [6.45, 7) is 6.10. The fraction of sp³-hybridized carbons (Fsp3) is 0.667. The molecule has 0 saturated carbocycles. The van der Waals surface area contributed by atoms with E-state index < -0.39 is 0 Å². The molecule has 0 atom stereocenters. The number of fused-ring (bicyclic) bond motifs is 1. The molecule has 154 valence electrons. The molecule has 7 nitrogen and oxygen atoms in total. The van der Waals surface area contributed by atoms with Gasteiger partial charge < -0.3 is 23.8 Å². The van der Waals surface area contributed by atoms with Crippen LogP contribution in [-0.4, -0.2) is 69.0 Å². The SMILES string of the molecule is COc1cc(CN2CCC(CCC(=O)N3CCOCC3)CC2)cc2c1OCO2. The van der Waals surface area contributed by atoms with Crippen LogP contribution in [0.3, 0.4) is 0 Å². The average Bonchev–Trinajstić information content (AvgIpc) is 3.22. The molecule has 1 amide bonds. The highest BCUT2D eigenvalue weighted by atomic mass is 16.7. The van der Waals surface area contributed by atoms with Gasteiger partial charge in [0.15, 0.2) is 11.5 Å². The number of amides is 1. The van der Waals surface area contributed by atoms with Crippen LogP contribution in [0.5, 0.6) is 17.2 Å². The number of benzene rings is 1. The molecule has 0 aromatic heterocycles. The van der Waals surface area contributed by atoms with E-state index >= 15 is 0 Å². The molecule has 3 aliphatic heterocycles. The molecule has 28 heavy (non-hydrogen) atoms. The lowest BCUT2D eigenvalue weighted by Gasteiger charge is -2.32. The first-order valence-electron chi connectivity index (χ1n) is 10.3. The Morgan fingerprint density at radius 2 is 1.93 bits per heavy atom. The highest BCUT2D eigenvalue weighted by Gasteiger charge is 2.24. The fourth-order valence-electron chi connectivity index (χ4n) is 4.27. The summed E-state index contributed by atoms with van der Waals surface area (Å²) in [6.07, 6.45) is 3.97. The second-order valence-electron chi connectivity index (χ2n) is 7.78. The van der Waals surface area contributed by atoms with E-state index in [1.54, 1.807) is 7.11 Å². The number of methoxy groups -OCH3 is 1. The number of nitrogens with zero attached hydrogens (tertiary/aromatic N) is 2. The van der Waals surface area contributed by atoms with Crippen molar-refractivity contribution in [2.45, 2.75) is 32.2 Å². The molecule has 7 heteroatoms. The minimum Gasteiger partial charge on any atom is -0.493 e. The maximum absolute atomic E-state index is 12.3. The van der Waals surface area contributed by atoms with Gasteiger partial charge in [0.2, 0.25) is 18.4 Å². The summed E-state index contributed by atoms with van der Waals surface area (Å²) in [5.41, 5.74) is 1.18. The Bertz CT molecular complexity index is 682. The highest BCUT2D eigenvalue weighted by molar-refractivity contribution is 5.76. The standard InChI is InChI=1S/C21H30N2O5/c1-25-18-12-17(13-19-21(18)28-15-27-19)14-22-6-4-16(5-7-22)2-3-20(24)23-8-10-26-11-9-23/h12-13,16H,2-11,14-15H2,1H3. The quantitative estimate of drug-likeness (QED) is 0.743. The highest BCUT2D eigenvalue weighted by Crippen LogP contribution is 2.42. The third-order valence-electron chi connectivity index (χ3n) is 5.96. The van der Waals surface area contributed by atoms with Gasteiger partial charge in [-0.25, -0.2) is 0 Å². The van der Waals surface area contributed by atoms with Crippen molar-refractivity contribution in [2.75, 3.05) is 53.3 Å². The van der Waals surface area contributed by atoms with Crippen LogP contribution in [0.15, 0.2) is 12.1 Å². The van der Waals surface area contributed by atoms with Gasteiger partial charge in [0, 0.05) is 26.1 Å². The molecule has 0 unspecified atom stereocenters. The van der Waals surface area contributed by atoms with E-state index in [1.807, 2.05) is 11.0 Å². The number of hydrogen-bond donors (Lipinski definition) is 0. The number of morpholine rings is 1. The maximum Gasteiger partial charge on any atom is 0.231 e. The van der Waals surface area contributed by atoms with Gasteiger partial charge in [-0.1, -0.05) is 0 Å². The first-order valence-corrected chi connectivity index (χ1v) is 10.3. The van der Waals surface area contributed by atoms with E-state index in [-0.39, 0.29) is 12.7 Å². The molecule has 2 fully saturated rings. The first-order chi connectivity index (χ1) is 13.7. The summed E-state index contributed by atoms with van der Waals surface area (Å²) in [5.74, 6) is 3.15. The van der Waals surface area contributed by atoms with Crippen LogP contribution in [0.4, 0.5) is 0 Å². The summed E-state index contributed by atoms with van der Waals surface area (Å²) >= 11 is 0. The van der Waals surface area contributed by atoms with Crippen molar-refractivity contribution < 1.29 is 23.7 Å². The van der Waals surface area contributed by atoms with E-state index in [4.69, 9.17) is 18.9 Å². The van der Waals surface area contributed by atoms with Gasteiger partial charge in [-0.05, 0) is 56.0 Å². The van der Waals surface area contributed by atoms with Crippen LogP contribution in [0, 0.1) is 5.92 Å². The summed E-state index contributed by atoms with van der Waals surface area (Å²) in [5, 5.41) is 0. The third kappa shape index (κ3) is 4.52. The Morgan fingerprint density at radius 3 is 2.68 bits per heavy atom. The van der Waals surface area contributed by atoms with E-state index in [1.165, 1.54) is 5.56 Å². The number of piperidine rings is 1. The molecule has 4 rings (SSSR count). The van der Waals surface area contributed by atoms with Gasteiger partial charge in [-0.2, -0.15) is 0 Å². The summed E-state index contributed by atoms with van der Waals surface area (Å²) < 4.78 is 21.8. The summed E-state index contributed by atoms with van der Waals surface area (Å²) in [6, 6.07) is 4.10. The van der Waals surface area contributed by atoms with Gasteiger partial charge >= 0.3 is 0 Å². The molecular weight excluding hydrogens is 360 g/mol. The van der Waals surface area contributed by atoms with Crippen LogP contribution in [0.1, 0.15) is 31.2 Å². The van der Waals surface area contributed by atoms with E-state index in [0.29, 0.717) is 31.3 Å². The third-order valence-corrected chi connectivity index (χ3v) is 5.96. The number of hydrogen-bond acceptors (Lipinski definition) is 6. The smallest absolute Gasteiger partial charge is 0.231 e. The summed E-state index contributed by atoms with van der Waals surface area (Å²) in [4.78, 5) is 16.7. The molecule has 1 aromatic carbocycles. The lowest BCUT2D eigenvalue weighted by Crippen LogP contribution is -2.41. The zero-order chi connectivity index (χ0) is 19.3. The van der Waals surface area contributed by atoms with Crippen LogP contribution < -0.4 is 14.2 Å². The number of ether oxygens (including phenoxy) is 4. The molecule has 0 radical (unpaired) electrons. The van der Waals surface area contributed by atoms with Crippen molar-refractivity contribution in [3.05, 3.63) is 17.7 Å². The number of carbonyl (C=O) groups is 1. The van der Waals surface area contributed by atoms with Crippen LogP contribution in [-0.2, 0) is 16.1 Å². The zero-order valence-corrected chi connectivity index (χ0v) is 16.7. The zero-order valence-electron chi connectivity index (χ0n) is 16.7. The number of rotatable bonds is 6. The molecule has 0 N–H and O–H groups in total. The minimum absolute atomic E-state index is 0.254. The lowest BCUT2D eigenvalue weighted by atomic mass is 9.91. The van der Waals surface area contributed by atoms with Gasteiger partial charge in [0.25, 0.3) is 0 Å². The Balaban J connectivity index is 1.23. The molecule has 0 aliphatic carbocycles. The lowest BCUT2D eigenvalue weighted by molar-refractivity contribution is -0.135. The maximum atomic E-state index is 12.3. The second-order valence-corrected chi connectivity index (χ2v) is 7.78. The van der Waals surface area contributed by atoms with E-state index in [9.17, 15) is 4.79 Å². The second kappa shape index (κ2) is 9.01. The molecule has 3 aliphatic rings. The Hall–Kier alpha value is -1.99. The number of carbonyl (C=O) groups excluding carboxylic acids is 1. The van der Waals surface area contributed by atoms with Crippen LogP contribution in [0.25, 0.3) is 0 Å². The average molecular weight is 390 g/mol. The fourth-order valence-corrected chi connectivity index (χ4v) is 4.27. The van der Waals surface area contributed by atoms with E-state index in [0.717, 1.165) is 63.5 Å². The largest absolute Gasteiger partial charge is 0.493 e. The monoisotopic (exact) mass is 390 g/mol.